The van der Waals surface area contributed by atoms with Gasteiger partial charge in [-0.2, -0.15) is 0 Å². The van der Waals surface area contributed by atoms with Crippen molar-refractivity contribution in [1.29, 1.82) is 0 Å². The summed E-state index contributed by atoms with van der Waals surface area (Å²) in [7, 11) is 0. The molecule has 6 heteroatoms. The van der Waals surface area contributed by atoms with Crippen molar-refractivity contribution >= 4 is 11.9 Å². The van der Waals surface area contributed by atoms with Gasteiger partial charge in [-0.1, -0.05) is 19.3 Å². The molecular weight excluding hydrogens is 262 g/mol. The van der Waals surface area contributed by atoms with Crippen LogP contribution in [0.2, 0.25) is 0 Å². The van der Waals surface area contributed by atoms with Crippen molar-refractivity contribution in [2.24, 2.45) is 5.41 Å². The third kappa shape index (κ3) is 6.34. The van der Waals surface area contributed by atoms with E-state index in [1.165, 1.54) is 0 Å². The summed E-state index contributed by atoms with van der Waals surface area (Å²) in [4.78, 5) is 22.9. The fourth-order valence-electron chi connectivity index (χ4n) is 2.87. The Morgan fingerprint density at radius 2 is 1.80 bits per heavy atom. The van der Waals surface area contributed by atoms with Gasteiger partial charge in [0.15, 0.2) is 0 Å². The maximum absolute atomic E-state index is 11.9. The summed E-state index contributed by atoms with van der Waals surface area (Å²) in [5.74, 6) is -0.938. The van der Waals surface area contributed by atoms with Gasteiger partial charge in [-0.05, 0) is 18.3 Å². The molecule has 0 atom stereocenters. The van der Waals surface area contributed by atoms with E-state index in [1.807, 2.05) is 0 Å². The first-order valence-corrected chi connectivity index (χ1v) is 7.25. The normalized spacial score (nSPS) is 17.6. The average molecular weight is 287 g/mol. The first-order chi connectivity index (χ1) is 9.58. The van der Waals surface area contributed by atoms with Gasteiger partial charge in [0.1, 0.15) is 0 Å². The highest BCUT2D eigenvalue weighted by Crippen LogP contribution is 2.42. The number of aliphatic hydroxyl groups excluding tert-OH is 1. The molecule has 0 aliphatic heterocycles. The predicted octanol–water partition coefficient (Wildman–Crippen LogP) is 0.927. The highest BCUT2D eigenvalue weighted by atomic mass is 16.5. The lowest BCUT2D eigenvalue weighted by atomic mass is 9.69. The van der Waals surface area contributed by atoms with E-state index < -0.39 is 5.97 Å². The van der Waals surface area contributed by atoms with Gasteiger partial charge < -0.3 is 20.3 Å². The number of rotatable bonds is 9. The van der Waals surface area contributed by atoms with E-state index in [9.17, 15) is 9.59 Å². The number of carbonyl (C=O) groups is 2. The Hall–Kier alpha value is -1.14. The lowest BCUT2D eigenvalue weighted by Gasteiger charge is -2.35. The molecule has 0 bridgehead atoms. The largest absolute Gasteiger partial charge is 0.481 e. The van der Waals surface area contributed by atoms with Crippen LogP contribution in [0.15, 0.2) is 0 Å². The minimum atomic E-state index is -0.828. The van der Waals surface area contributed by atoms with Gasteiger partial charge in [-0.25, -0.2) is 0 Å². The van der Waals surface area contributed by atoms with E-state index in [0.717, 1.165) is 32.1 Å². The van der Waals surface area contributed by atoms with Gasteiger partial charge in [-0.15, -0.1) is 0 Å². The molecule has 0 saturated heterocycles. The number of amides is 1. The lowest BCUT2D eigenvalue weighted by molar-refractivity contribution is -0.141. The van der Waals surface area contributed by atoms with Gasteiger partial charge in [0.25, 0.3) is 0 Å². The lowest BCUT2D eigenvalue weighted by Crippen LogP contribution is -2.36. The SMILES string of the molecule is O=C(O)CC1(CC(=O)NCCOCCO)CCCCC1. The number of hydrogen-bond donors (Lipinski definition) is 3. The number of carboxylic acids is 1. The number of nitrogens with one attached hydrogen (secondary N) is 1. The third-order valence-corrected chi connectivity index (χ3v) is 3.78. The monoisotopic (exact) mass is 287 g/mol. The Morgan fingerprint density at radius 3 is 2.40 bits per heavy atom. The summed E-state index contributed by atoms with van der Waals surface area (Å²) in [5.41, 5.74) is -0.375. The number of aliphatic carboxylic acids is 1. The Kier molecular flexibility index (Phi) is 7.54. The molecule has 1 aliphatic carbocycles. The molecule has 1 saturated carbocycles. The first-order valence-electron chi connectivity index (χ1n) is 7.25. The molecule has 116 valence electrons. The van der Waals surface area contributed by atoms with Crippen LogP contribution in [-0.4, -0.2) is 48.5 Å². The second-order valence-electron chi connectivity index (χ2n) is 5.49. The molecule has 0 radical (unpaired) electrons. The van der Waals surface area contributed by atoms with Crippen molar-refractivity contribution in [3.8, 4) is 0 Å². The van der Waals surface area contributed by atoms with Gasteiger partial charge in [-0.3, -0.25) is 9.59 Å². The summed E-state index contributed by atoms with van der Waals surface area (Å²) in [6.45, 7) is 0.981. The van der Waals surface area contributed by atoms with Crippen LogP contribution < -0.4 is 5.32 Å². The van der Waals surface area contributed by atoms with E-state index in [2.05, 4.69) is 5.32 Å². The molecule has 1 aliphatic rings. The molecule has 1 fully saturated rings. The van der Waals surface area contributed by atoms with E-state index in [1.54, 1.807) is 0 Å². The highest BCUT2D eigenvalue weighted by Gasteiger charge is 2.36. The minimum absolute atomic E-state index is 0.0321. The Labute approximate surface area is 119 Å². The summed E-state index contributed by atoms with van der Waals surface area (Å²) in [6.07, 6.45) is 5.10. The van der Waals surface area contributed by atoms with Crippen molar-refractivity contribution < 1.29 is 24.5 Å². The summed E-state index contributed by atoms with van der Waals surface area (Å²) < 4.78 is 5.05. The molecule has 0 heterocycles. The fourth-order valence-corrected chi connectivity index (χ4v) is 2.87. The van der Waals surface area contributed by atoms with Crippen molar-refractivity contribution in [1.82, 2.24) is 5.32 Å². The van der Waals surface area contributed by atoms with E-state index in [-0.39, 0.29) is 37.4 Å². The highest BCUT2D eigenvalue weighted by molar-refractivity contribution is 5.78. The predicted molar refractivity (Wildman–Crippen MR) is 73.3 cm³/mol. The van der Waals surface area contributed by atoms with Crippen molar-refractivity contribution in [2.45, 2.75) is 44.9 Å². The second kappa shape index (κ2) is 8.92. The first kappa shape index (κ1) is 16.9. The number of hydrogen-bond acceptors (Lipinski definition) is 4. The van der Waals surface area contributed by atoms with Crippen LogP contribution in [0, 0.1) is 5.41 Å². The van der Waals surface area contributed by atoms with Crippen LogP contribution in [0.1, 0.15) is 44.9 Å². The molecule has 20 heavy (non-hydrogen) atoms. The summed E-state index contributed by atoms with van der Waals surface area (Å²) in [6, 6.07) is 0. The molecule has 0 aromatic rings. The third-order valence-electron chi connectivity index (χ3n) is 3.78. The minimum Gasteiger partial charge on any atom is -0.481 e. The van der Waals surface area contributed by atoms with E-state index >= 15 is 0 Å². The van der Waals surface area contributed by atoms with Crippen LogP contribution in [0.5, 0.6) is 0 Å². The smallest absolute Gasteiger partial charge is 0.303 e. The van der Waals surface area contributed by atoms with E-state index in [0.29, 0.717) is 13.2 Å². The van der Waals surface area contributed by atoms with Crippen molar-refractivity contribution in [3.05, 3.63) is 0 Å². The fraction of sp³-hybridized carbons (Fsp3) is 0.857. The standard InChI is InChI=1S/C14H25NO5/c16-7-9-20-8-6-15-12(17)10-14(11-13(18)19)4-2-1-3-5-14/h16H,1-11H2,(H,15,17)(H,18,19). The van der Waals surface area contributed by atoms with Crippen LogP contribution in [0.4, 0.5) is 0 Å². The zero-order valence-corrected chi connectivity index (χ0v) is 11.9. The van der Waals surface area contributed by atoms with Gasteiger partial charge in [0, 0.05) is 13.0 Å². The molecular formula is C14H25NO5. The second-order valence-corrected chi connectivity index (χ2v) is 5.49. The summed E-state index contributed by atoms with van der Waals surface area (Å²) >= 11 is 0. The van der Waals surface area contributed by atoms with Crippen molar-refractivity contribution in [2.75, 3.05) is 26.4 Å². The molecule has 3 N–H and O–H groups in total. The zero-order valence-electron chi connectivity index (χ0n) is 11.9. The van der Waals surface area contributed by atoms with E-state index in [4.69, 9.17) is 14.9 Å². The van der Waals surface area contributed by atoms with Crippen LogP contribution in [0.3, 0.4) is 0 Å². The molecule has 0 spiro atoms. The van der Waals surface area contributed by atoms with Gasteiger partial charge in [0.05, 0.1) is 26.2 Å². The van der Waals surface area contributed by atoms with Gasteiger partial charge in [0.2, 0.25) is 5.91 Å². The topological polar surface area (TPSA) is 95.9 Å². The molecule has 1 rings (SSSR count). The molecule has 6 nitrogen and oxygen atoms in total. The summed E-state index contributed by atoms with van der Waals surface area (Å²) in [5, 5.41) is 20.3. The maximum atomic E-state index is 11.9. The number of aliphatic hydroxyl groups is 1. The maximum Gasteiger partial charge on any atom is 0.303 e. The molecule has 0 unspecified atom stereocenters. The Balaban J connectivity index is 2.36. The van der Waals surface area contributed by atoms with Crippen LogP contribution >= 0.6 is 0 Å². The molecule has 0 aromatic carbocycles. The Morgan fingerprint density at radius 1 is 1.10 bits per heavy atom. The average Bonchev–Trinajstić information content (AvgIpc) is 2.38. The number of carbonyl (C=O) groups excluding carboxylic acids is 1. The van der Waals surface area contributed by atoms with Gasteiger partial charge >= 0.3 is 5.97 Å². The quantitative estimate of drug-likeness (QED) is 0.548. The number of carboxylic acid groups (broad SMARTS) is 1. The molecule has 1 amide bonds. The molecule has 0 aromatic heterocycles. The zero-order chi connectivity index (χ0) is 14.8. The number of ether oxygens (including phenoxy) is 1. The van der Waals surface area contributed by atoms with Crippen LogP contribution in [-0.2, 0) is 14.3 Å². The van der Waals surface area contributed by atoms with Crippen LogP contribution in [0.25, 0.3) is 0 Å². The van der Waals surface area contributed by atoms with Crippen molar-refractivity contribution in [3.63, 3.8) is 0 Å². The Bertz CT molecular complexity index is 313.